The van der Waals surface area contributed by atoms with Crippen LogP contribution in [0.5, 0.6) is 5.75 Å². The number of aliphatic imine (C=N–C) groups is 1. The van der Waals surface area contributed by atoms with Crippen LogP contribution in [0.15, 0.2) is 64.4 Å². The molecule has 0 unspecified atom stereocenters. The summed E-state index contributed by atoms with van der Waals surface area (Å²) in [5.41, 5.74) is 3.86. The Hall–Kier alpha value is -3.61. The SMILES string of the molecule is COc1ccc([C@@H]2N=C(N3CCc4ccccc43)Nc3nc(C)cc(=O)n32)cc1. The minimum atomic E-state index is -0.500. The average molecular weight is 387 g/mol. The highest BCUT2D eigenvalue weighted by molar-refractivity contribution is 6.06. The topological polar surface area (TPSA) is 71.8 Å². The third-order valence-electron chi connectivity index (χ3n) is 5.35. The Labute approximate surface area is 168 Å². The fourth-order valence-electron chi connectivity index (χ4n) is 3.93. The molecule has 0 aliphatic carbocycles. The summed E-state index contributed by atoms with van der Waals surface area (Å²) < 4.78 is 6.87. The minimum absolute atomic E-state index is 0.134. The molecule has 1 atom stereocenters. The Morgan fingerprint density at radius 1 is 1.14 bits per heavy atom. The molecule has 5 rings (SSSR count). The summed E-state index contributed by atoms with van der Waals surface area (Å²) in [5, 5.41) is 3.29. The van der Waals surface area contributed by atoms with Gasteiger partial charge < -0.3 is 9.64 Å². The molecule has 0 amide bonds. The summed E-state index contributed by atoms with van der Waals surface area (Å²) in [6, 6.07) is 17.5. The number of hydrogen-bond acceptors (Lipinski definition) is 6. The lowest BCUT2D eigenvalue weighted by atomic mass is 10.1. The normalized spacial score (nSPS) is 17.2. The third-order valence-corrected chi connectivity index (χ3v) is 5.35. The number of nitrogens with zero attached hydrogens (tertiary/aromatic N) is 4. The number of hydrogen-bond donors (Lipinski definition) is 1. The number of aryl methyl sites for hydroxylation is 1. The second-order valence-electron chi connectivity index (χ2n) is 7.18. The van der Waals surface area contributed by atoms with Crippen molar-refractivity contribution in [2.75, 3.05) is 23.9 Å². The maximum absolute atomic E-state index is 12.8. The predicted octanol–water partition coefficient (Wildman–Crippen LogP) is 2.95. The van der Waals surface area contributed by atoms with E-state index in [1.807, 2.05) is 37.3 Å². The second kappa shape index (κ2) is 6.77. The number of benzene rings is 2. The molecule has 146 valence electrons. The smallest absolute Gasteiger partial charge is 0.257 e. The zero-order chi connectivity index (χ0) is 20.0. The average Bonchev–Trinajstić information content (AvgIpc) is 3.17. The lowest BCUT2D eigenvalue weighted by Crippen LogP contribution is -2.43. The van der Waals surface area contributed by atoms with E-state index in [1.165, 1.54) is 11.6 Å². The number of anilines is 2. The fourth-order valence-corrected chi connectivity index (χ4v) is 3.93. The summed E-state index contributed by atoms with van der Waals surface area (Å²) in [5.74, 6) is 1.97. The Bertz CT molecular complexity index is 1170. The van der Waals surface area contributed by atoms with Crippen LogP contribution in [-0.4, -0.2) is 29.2 Å². The van der Waals surface area contributed by atoms with Crippen molar-refractivity contribution in [1.29, 1.82) is 0 Å². The predicted molar refractivity (Wildman–Crippen MR) is 113 cm³/mol. The van der Waals surface area contributed by atoms with Crippen molar-refractivity contribution < 1.29 is 4.74 Å². The highest BCUT2D eigenvalue weighted by Crippen LogP contribution is 2.32. The van der Waals surface area contributed by atoms with Crippen molar-refractivity contribution in [3.05, 3.63) is 81.8 Å². The number of fused-ring (bicyclic) bond motifs is 2. The molecular weight excluding hydrogens is 366 g/mol. The van der Waals surface area contributed by atoms with Gasteiger partial charge in [-0.1, -0.05) is 30.3 Å². The largest absolute Gasteiger partial charge is 0.497 e. The molecule has 2 aliphatic heterocycles. The number of ether oxygens (including phenoxy) is 1. The van der Waals surface area contributed by atoms with E-state index in [0.29, 0.717) is 17.6 Å². The van der Waals surface area contributed by atoms with Crippen LogP contribution in [0.1, 0.15) is 23.0 Å². The molecule has 7 nitrogen and oxygen atoms in total. The van der Waals surface area contributed by atoms with Crippen molar-refractivity contribution in [3.8, 4) is 5.75 Å². The lowest BCUT2D eigenvalue weighted by Gasteiger charge is -2.31. The molecule has 1 N–H and O–H groups in total. The quantitative estimate of drug-likeness (QED) is 0.732. The van der Waals surface area contributed by atoms with Gasteiger partial charge in [0.1, 0.15) is 5.75 Å². The van der Waals surface area contributed by atoms with Crippen LogP contribution in [0.25, 0.3) is 0 Å². The first kappa shape index (κ1) is 17.5. The van der Waals surface area contributed by atoms with E-state index in [1.54, 1.807) is 11.7 Å². The summed E-state index contributed by atoms with van der Waals surface area (Å²) in [4.78, 5) is 24.5. The minimum Gasteiger partial charge on any atom is -0.497 e. The molecule has 0 radical (unpaired) electrons. The summed E-state index contributed by atoms with van der Waals surface area (Å²) >= 11 is 0. The van der Waals surface area contributed by atoms with Gasteiger partial charge >= 0.3 is 0 Å². The van der Waals surface area contributed by atoms with Crippen LogP contribution < -0.4 is 20.5 Å². The van der Waals surface area contributed by atoms with Crippen LogP contribution >= 0.6 is 0 Å². The Kier molecular flexibility index (Phi) is 4.08. The van der Waals surface area contributed by atoms with Crippen molar-refractivity contribution in [2.24, 2.45) is 4.99 Å². The molecular formula is C22H21N5O2. The van der Waals surface area contributed by atoms with Gasteiger partial charge in [0.2, 0.25) is 11.9 Å². The molecule has 0 fully saturated rings. The molecule has 3 aromatic rings. The van der Waals surface area contributed by atoms with Crippen LogP contribution in [0.3, 0.4) is 0 Å². The van der Waals surface area contributed by atoms with Gasteiger partial charge in [-0.3, -0.25) is 14.7 Å². The van der Waals surface area contributed by atoms with Gasteiger partial charge in [-0.05, 0) is 42.7 Å². The van der Waals surface area contributed by atoms with Gasteiger partial charge in [0.15, 0.2) is 6.17 Å². The van der Waals surface area contributed by atoms with Crippen molar-refractivity contribution in [2.45, 2.75) is 19.5 Å². The molecule has 3 heterocycles. The summed E-state index contributed by atoms with van der Waals surface area (Å²) in [6.07, 6.45) is 0.457. The monoisotopic (exact) mass is 387 g/mol. The van der Waals surface area contributed by atoms with Crippen molar-refractivity contribution in [3.63, 3.8) is 0 Å². The number of guanidine groups is 1. The molecule has 2 aliphatic rings. The number of para-hydroxylation sites is 1. The zero-order valence-electron chi connectivity index (χ0n) is 16.3. The molecule has 29 heavy (non-hydrogen) atoms. The standard InChI is InChI=1S/C22H21N5O2/c1-14-13-19(28)27-20(16-7-9-17(29-2)10-8-16)24-21(25-22(27)23-14)26-12-11-15-5-3-4-6-18(15)26/h3-10,13,20H,11-12H2,1-2H3,(H,23,24,25)/t20-/m1/s1. The van der Waals surface area contributed by atoms with Crippen molar-refractivity contribution in [1.82, 2.24) is 9.55 Å². The molecule has 2 aromatic carbocycles. The number of nitrogens with one attached hydrogen (secondary N) is 1. The van der Waals surface area contributed by atoms with Crippen LogP contribution in [-0.2, 0) is 6.42 Å². The van der Waals surface area contributed by atoms with Crippen LogP contribution in [0.2, 0.25) is 0 Å². The van der Waals surface area contributed by atoms with Gasteiger partial charge in [-0.15, -0.1) is 0 Å². The molecule has 1 aromatic heterocycles. The molecule has 7 heteroatoms. The fraction of sp³-hybridized carbons (Fsp3) is 0.227. The Balaban J connectivity index is 1.64. The highest BCUT2D eigenvalue weighted by atomic mass is 16.5. The summed E-state index contributed by atoms with van der Waals surface area (Å²) in [6.45, 7) is 2.65. The molecule has 0 spiro atoms. The van der Waals surface area contributed by atoms with Gasteiger partial charge in [0.05, 0.1) is 7.11 Å². The van der Waals surface area contributed by atoms with E-state index in [2.05, 4.69) is 33.4 Å². The van der Waals surface area contributed by atoms with E-state index in [4.69, 9.17) is 9.73 Å². The first-order valence-corrected chi connectivity index (χ1v) is 9.58. The number of aromatic nitrogens is 2. The van der Waals surface area contributed by atoms with E-state index in [9.17, 15) is 4.79 Å². The Morgan fingerprint density at radius 3 is 2.72 bits per heavy atom. The van der Waals surface area contributed by atoms with Gasteiger partial charge in [0.25, 0.3) is 5.56 Å². The Morgan fingerprint density at radius 2 is 1.93 bits per heavy atom. The van der Waals surface area contributed by atoms with E-state index in [-0.39, 0.29) is 5.56 Å². The van der Waals surface area contributed by atoms with Crippen LogP contribution in [0.4, 0.5) is 11.6 Å². The maximum Gasteiger partial charge on any atom is 0.257 e. The summed E-state index contributed by atoms with van der Waals surface area (Å²) in [7, 11) is 1.63. The van der Waals surface area contributed by atoms with Crippen LogP contribution in [0, 0.1) is 6.92 Å². The van der Waals surface area contributed by atoms with Crippen molar-refractivity contribution >= 4 is 17.6 Å². The van der Waals surface area contributed by atoms with Gasteiger partial charge in [-0.2, -0.15) is 0 Å². The van der Waals surface area contributed by atoms with E-state index >= 15 is 0 Å². The molecule has 0 bridgehead atoms. The first-order chi connectivity index (χ1) is 14.1. The maximum atomic E-state index is 12.8. The molecule has 0 saturated heterocycles. The van der Waals surface area contributed by atoms with E-state index in [0.717, 1.165) is 30.0 Å². The lowest BCUT2D eigenvalue weighted by molar-refractivity contribution is 0.414. The third kappa shape index (κ3) is 2.95. The molecule has 0 saturated carbocycles. The zero-order valence-corrected chi connectivity index (χ0v) is 16.3. The van der Waals surface area contributed by atoms with Gasteiger partial charge in [-0.25, -0.2) is 9.98 Å². The second-order valence-corrected chi connectivity index (χ2v) is 7.18. The number of rotatable bonds is 2. The highest BCUT2D eigenvalue weighted by Gasteiger charge is 2.30. The van der Waals surface area contributed by atoms with Gasteiger partial charge in [0, 0.05) is 24.0 Å². The first-order valence-electron chi connectivity index (χ1n) is 9.58. The van der Waals surface area contributed by atoms with E-state index < -0.39 is 6.17 Å². The number of methoxy groups -OCH3 is 1.